The predicted molar refractivity (Wildman–Crippen MR) is 79.9 cm³/mol. The summed E-state index contributed by atoms with van der Waals surface area (Å²) in [6.45, 7) is 4.39. The van der Waals surface area contributed by atoms with Crippen LogP contribution >= 0.6 is 11.8 Å². The third-order valence-corrected chi connectivity index (χ3v) is 5.06. The highest BCUT2D eigenvalue weighted by Gasteiger charge is 2.43. The smallest absolute Gasteiger partial charge is 0.327 e. The molecule has 0 saturated carbocycles. The first-order chi connectivity index (χ1) is 9.91. The van der Waals surface area contributed by atoms with Crippen LogP contribution in [0, 0.1) is 5.92 Å². The van der Waals surface area contributed by atoms with Crippen LogP contribution in [0.5, 0.6) is 0 Å². The van der Waals surface area contributed by atoms with Crippen LogP contribution in [0.25, 0.3) is 0 Å². The van der Waals surface area contributed by atoms with Gasteiger partial charge in [-0.15, -0.1) is 11.8 Å². The van der Waals surface area contributed by atoms with Crippen molar-refractivity contribution in [3.8, 4) is 0 Å². The molecule has 1 N–H and O–H groups in total. The van der Waals surface area contributed by atoms with Gasteiger partial charge in [0.05, 0.1) is 24.4 Å². The number of hydrogen-bond donors (Lipinski definition) is 1. The Labute approximate surface area is 128 Å². The van der Waals surface area contributed by atoms with Gasteiger partial charge in [-0.05, 0) is 12.0 Å². The molecule has 2 amide bonds. The van der Waals surface area contributed by atoms with Crippen molar-refractivity contribution in [2.75, 3.05) is 12.8 Å². The van der Waals surface area contributed by atoms with Gasteiger partial charge in [-0.3, -0.25) is 4.90 Å². The summed E-state index contributed by atoms with van der Waals surface area (Å²) in [7, 11) is 1.68. The molecule has 6 nitrogen and oxygen atoms in total. The molecule has 1 aliphatic rings. The fourth-order valence-electron chi connectivity index (χ4n) is 2.40. The standard InChI is InChI=1S/C14H20N2O4S/c1-9(2)12-16(11(8-21-12)13(17)18)14(19)15(3)6-10-4-5-20-7-10/h4-5,7,9,11-12H,6,8H2,1-3H3,(H,17,18). The van der Waals surface area contributed by atoms with Crippen molar-refractivity contribution < 1.29 is 19.1 Å². The number of furan rings is 1. The van der Waals surface area contributed by atoms with Crippen molar-refractivity contribution in [2.24, 2.45) is 5.92 Å². The second-order valence-electron chi connectivity index (χ2n) is 5.50. The molecule has 1 fully saturated rings. The largest absolute Gasteiger partial charge is 0.480 e. The molecular weight excluding hydrogens is 292 g/mol. The monoisotopic (exact) mass is 312 g/mol. The third kappa shape index (κ3) is 3.34. The van der Waals surface area contributed by atoms with Crippen molar-refractivity contribution in [3.05, 3.63) is 24.2 Å². The van der Waals surface area contributed by atoms with Crippen molar-refractivity contribution in [1.82, 2.24) is 9.80 Å². The first-order valence-corrected chi connectivity index (χ1v) is 7.85. The molecule has 0 aromatic carbocycles. The normalized spacial score (nSPS) is 21.8. The predicted octanol–water partition coefficient (Wildman–Crippen LogP) is 2.32. The summed E-state index contributed by atoms with van der Waals surface area (Å²) in [4.78, 5) is 27.1. The van der Waals surface area contributed by atoms with E-state index in [9.17, 15) is 14.7 Å². The van der Waals surface area contributed by atoms with Crippen LogP contribution in [-0.4, -0.2) is 51.1 Å². The summed E-state index contributed by atoms with van der Waals surface area (Å²) >= 11 is 1.53. The second-order valence-corrected chi connectivity index (χ2v) is 6.65. The maximum Gasteiger partial charge on any atom is 0.327 e. The van der Waals surface area contributed by atoms with Gasteiger partial charge in [0.1, 0.15) is 6.04 Å². The van der Waals surface area contributed by atoms with Gasteiger partial charge < -0.3 is 14.4 Å². The number of rotatable bonds is 4. The summed E-state index contributed by atoms with van der Waals surface area (Å²) in [6, 6.07) is 0.769. The minimum atomic E-state index is -0.948. The average Bonchev–Trinajstić information content (AvgIpc) is 3.05. The van der Waals surface area contributed by atoms with Crippen molar-refractivity contribution in [3.63, 3.8) is 0 Å². The van der Waals surface area contributed by atoms with E-state index in [0.29, 0.717) is 12.3 Å². The molecule has 1 aromatic rings. The number of carboxylic acid groups (broad SMARTS) is 1. The second kappa shape index (κ2) is 6.43. The Balaban J connectivity index is 2.14. The van der Waals surface area contributed by atoms with Crippen LogP contribution in [0.3, 0.4) is 0 Å². The van der Waals surface area contributed by atoms with Gasteiger partial charge in [0.25, 0.3) is 0 Å². The number of urea groups is 1. The van der Waals surface area contributed by atoms with Gasteiger partial charge in [0.15, 0.2) is 0 Å². The highest BCUT2D eigenvalue weighted by Crippen LogP contribution is 2.34. The zero-order valence-corrected chi connectivity index (χ0v) is 13.2. The molecule has 2 atom stereocenters. The van der Waals surface area contributed by atoms with E-state index in [1.54, 1.807) is 25.6 Å². The lowest BCUT2D eigenvalue weighted by Crippen LogP contribution is -2.51. The summed E-state index contributed by atoms with van der Waals surface area (Å²) in [5.41, 5.74) is 0.880. The van der Waals surface area contributed by atoms with Crippen LogP contribution in [0.15, 0.2) is 23.0 Å². The quantitative estimate of drug-likeness (QED) is 0.923. The molecule has 1 aromatic heterocycles. The van der Waals surface area contributed by atoms with Gasteiger partial charge in [0.2, 0.25) is 0 Å². The Morgan fingerprint density at radius 2 is 2.29 bits per heavy atom. The van der Waals surface area contributed by atoms with E-state index in [-0.39, 0.29) is 17.3 Å². The van der Waals surface area contributed by atoms with Gasteiger partial charge in [-0.2, -0.15) is 0 Å². The fourth-order valence-corrected chi connectivity index (χ4v) is 3.86. The Kier molecular flexibility index (Phi) is 4.82. The number of carboxylic acids is 1. The molecule has 0 aliphatic carbocycles. The van der Waals surface area contributed by atoms with Crippen molar-refractivity contribution in [2.45, 2.75) is 31.8 Å². The third-order valence-electron chi connectivity index (χ3n) is 3.44. The van der Waals surface area contributed by atoms with E-state index in [1.807, 2.05) is 13.8 Å². The number of hydrogen-bond acceptors (Lipinski definition) is 4. The molecule has 1 aliphatic heterocycles. The molecule has 116 valence electrons. The molecule has 7 heteroatoms. The Morgan fingerprint density at radius 1 is 1.57 bits per heavy atom. The van der Waals surface area contributed by atoms with E-state index in [1.165, 1.54) is 21.6 Å². The van der Waals surface area contributed by atoms with Gasteiger partial charge in [-0.25, -0.2) is 9.59 Å². The minimum Gasteiger partial charge on any atom is -0.480 e. The van der Waals surface area contributed by atoms with Crippen LogP contribution in [-0.2, 0) is 11.3 Å². The molecule has 1 saturated heterocycles. The van der Waals surface area contributed by atoms with E-state index in [2.05, 4.69) is 0 Å². The van der Waals surface area contributed by atoms with Gasteiger partial charge >= 0.3 is 12.0 Å². The van der Waals surface area contributed by atoms with Crippen LogP contribution in [0.2, 0.25) is 0 Å². The highest BCUT2D eigenvalue weighted by molar-refractivity contribution is 8.00. The topological polar surface area (TPSA) is 74.0 Å². The lowest BCUT2D eigenvalue weighted by molar-refractivity contribution is -0.141. The lowest BCUT2D eigenvalue weighted by atomic mass is 10.1. The van der Waals surface area contributed by atoms with Crippen LogP contribution in [0.1, 0.15) is 19.4 Å². The summed E-state index contributed by atoms with van der Waals surface area (Å²) in [5, 5.41) is 9.22. The summed E-state index contributed by atoms with van der Waals surface area (Å²) in [5.74, 6) is -0.315. The molecule has 2 heterocycles. The number of carbonyl (C=O) groups is 2. The number of carbonyl (C=O) groups excluding carboxylic acids is 1. The number of aliphatic carboxylic acids is 1. The Morgan fingerprint density at radius 3 is 2.81 bits per heavy atom. The fraction of sp³-hybridized carbons (Fsp3) is 0.571. The van der Waals surface area contributed by atoms with Crippen molar-refractivity contribution >= 4 is 23.8 Å². The van der Waals surface area contributed by atoms with E-state index in [0.717, 1.165) is 5.56 Å². The number of amides is 2. The minimum absolute atomic E-state index is 0.106. The maximum absolute atomic E-state index is 12.6. The Hall–Kier alpha value is -1.63. The average molecular weight is 312 g/mol. The Bertz CT molecular complexity index is 503. The molecular formula is C14H20N2O4S. The zero-order chi connectivity index (χ0) is 15.6. The first-order valence-electron chi connectivity index (χ1n) is 6.80. The van der Waals surface area contributed by atoms with Gasteiger partial charge in [0, 0.05) is 18.4 Å². The van der Waals surface area contributed by atoms with E-state index < -0.39 is 12.0 Å². The molecule has 21 heavy (non-hydrogen) atoms. The van der Waals surface area contributed by atoms with E-state index in [4.69, 9.17) is 4.42 Å². The maximum atomic E-state index is 12.6. The summed E-state index contributed by atoms with van der Waals surface area (Å²) < 4.78 is 4.99. The van der Waals surface area contributed by atoms with Crippen molar-refractivity contribution in [1.29, 1.82) is 0 Å². The van der Waals surface area contributed by atoms with Crippen LogP contribution < -0.4 is 0 Å². The number of nitrogens with zero attached hydrogens (tertiary/aromatic N) is 2. The molecule has 0 radical (unpaired) electrons. The SMILES string of the molecule is CC(C)C1SCC(C(=O)O)N1C(=O)N(C)Cc1ccoc1. The number of thioether (sulfide) groups is 1. The van der Waals surface area contributed by atoms with E-state index >= 15 is 0 Å². The summed E-state index contributed by atoms with van der Waals surface area (Å²) in [6.07, 6.45) is 3.13. The zero-order valence-electron chi connectivity index (χ0n) is 12.4. The molecule has 2 unspecified atom stereocenters. The first kappa shape index (κ1) is 15.8. The molecule has 0 bridgehead atoms. The molecule has 0 spiro atoms. The molecule has 2 rings (SSSR count). The highest BCUT2D eigenvalue weighted by atomic mass is 32.2. The van der Waals surface area contributed by atoms with Gasteiger partial charge in [-0.1, -0.05) is 13.8 Å². The lowest BCUT2D eigenvalue weighted by Gasteiger charge is -2.33. The van der Waals surface area contributed by atoms with Crippen LogP contribution in [0.4, 0.5) is 4.79 Å².